The number of nitrogens with zero attached hydrogens (tertiary/aromatic N) is 1. The summed E-state index contributed by atoms with van der Waals surface area (Å²) in [5.41, 5.74) is -0.181. The summed E-state index contributed by atoms with van der Waals surface area (Å²) in [5.74, 6) is 0.276. The standard InChI is InChI=1S/C7H5Br2F2NO/c1-13-5-4(8)3(7(10)11)2-12-6(5)9/h2,7H,1H3. The molecule has 2 nitrogen and oxygen atoms in total. The van der Waals surface area contributed by atoms with Gasteiger partial charge in [-0.15, -0.1) is 0 Å². The Labute approximate surface area is 90.6 Å². The Bertz CT molecular complexity index is 320. The van der Waals surface area contributed by atoms with Crippen molar-refractivity contribution in [3.63, 3.8) is 0 Å². The highest BCUT2D eigenvalue weighted by atomic mass is 79.9. The zero-order chi connectivity index (χ0) is 10.0. The van der Waals surface area contributed by atoms with Crippen molar-refractivity contribution in [2.75, 3.05) is 7.11 Å². The molecule has 0 aliphatic heterocycles. The molecule has 0 N–H and O–H groups in total. The molecule has 13 heavy (non-hydrogen) atoms. The summed E-state index contributed by atoms with van der Waals surface area (Å²) in [4.78, 5) is 3.71. The Morgan fingerprint density at radius 1 is 1.46 bits per heavy atom. The van der Waals surface area contributed by atoms with Crippen molar-refractivity contribution in [2.24, 2.45) is 0 Å². The lowest BCUT2D eigenvalue weighted by Crippen LogP contribution is -1.94. The minimum Gasteiger partial charge on any atom is -0.493 e. The quantitative estimate of drug-likeness (QED) is 0.778. The van der Waals surface area contributed by atoms with Crippen molar-refractivity contribution in [3.8, 4) is 5.75 Å². The van der Waals surface area contributed by atoms with Gasteiger partial charge >= 0.3 is 0 Å². The van der Waals surface area contributed by atoms with Gasteiger partial charge in [0.15, 0.2) is 5.75 Å². The van der Waals surface area contributed by atoms with Crippen molar-refractivity contribution in [2.45, 2.75) is 6.43 Å². The van der Waals surface area contributed by atoms with Gasteiger partial charge in [-0.05, 0) is 31.9 Å². The highest BCUT2D eigenvalue weighted by Crippen LogP contribution is 2.37. The second-order valence-electron chi connectivity index (χ2n) is 2.15. The number of alkyl halides is 2. The first-order valence-electron chi connectivity index (χ1n) is 3.24. The van der Waals surface area contributed by atoms with E-state index in [9.17, 15) is 8.78 Å². The molecule has 0 unspecified atom stereocenters. The van der Waals surface area contributed by atoms with Gasteiger partial charge < -0.3 is 4.74 Å². The van der Waals surface area contributed by atoms with E-state index in [0.29, 0.717) is 4.60 Å². The molecule has 0 fully saturated rings. The second kappa shape index (κ2) is 4.32. The van der Waals surface area contributed by atoms with Crippen LogP contribution in [0.3, 0.4) is 0 Å². The summed E-state index contributed by atoms with van der Waals surface area (Å²) in [6, 6.07) is 0. The third-order valence-electron chi connectivity index (χ3n) is 1.40. The summed E-state index contributed by atoms with van der Waals surface area (Å²) in [7, 11) is 1.39. The molecule has 0 atom stereocenters. The van der Waals surface area contributed by atoms with Crippen LogP contribution in [-0.4, -0.2) is 12.1 Å². The number of methoxy groups -OCH3 is 1. The minimum atomic E-state index is -2.57. The fourth-order valence-corrected chi connectivity index (χ4v) is 2.14. The van der Waals surface area contributed by atoms with Crippen molar-refractivity contribution >= 4 is 31.9 Å². The van der Waals surface area contributed by atoms with E-state index in [2.05, 4.69) is 36.8 Å². The average Bonchev–Trinajstić information content (AvgIpc) is 2.04. The normalized spacial score (nSPS) is 10.6. The maximum absolute atomic E-state index is 12.3. The molecule has 1 aromatic rings. The molecule has 0 bridgehead atoms. The lowest BCUT2D eigenvalue weighted by Gasteiger charge is -2.08. The van der Waals surface area contributed by atoms with Gasteiger partial charge in [0, 0.05) is 6.20 Å². The molecule has 0 aliphatic carbocycles. The predicted molar refractivity (Wildman–Crippen MR) is 51.1 cm³/mol. The summed E-state index contributed by atoms with van der Waals surface area (Å²) < 4.78 is 30.2. The minimum absolute atomic E-state index is 0.181. The fraction of sp³-hybridized carbons (Fsp3) is 0.286. The van der Waals surface area contributed by atoms with Crippen LogP contribution in [-0.2, 0) is 0 Å². The predicted octanol–water partition coefficient (Wildman–Crippen LogP) is 3.55. The average molecular weight is 317 g/mol. The summed E-state index contributed by atoms with van der Waals surface area (Å²) in [6.07, 6.45) is -1.47. The maximum atomic E-state index is 12.3. The topological polar surface area (TPSA) is 22.1 Å². The van der Waals surface area contributed by atoms with Crippen LogP contribution in [0.15, 0.2) is 15.3 Å². The van der Waals surface area contributed by atoms with Gasteiger partial charge in [-0.3, -0.25) is 0 Å². The van der Waals surface area contributed by atoms with Crippen LogP contribution in [0.5, 0.6) is 5.75 Å². The number of ether oxygens (including phenoxy) is 1. The number of rotatable bonds is 2. The Balaban J connectivity index is 3.27. The molecule has 0 saturated carbocycles. The van der Waals surface area contributed by atoms with Crippen LogP contribution >= 0.6 is 31.9 Å². The summed E-state index contributed by atoms with van der Waals surface area (Å²) in [5, 5.41) is 0. The number of halogens is 4. The molecule has 0 aliphatic rings. The monoisotopic (exact) mass is 315 g/mol. The first-order chi connectivity index (χ1) is 6.07. The van der Waals surface area contributed by atoms with Gasteiger partial charge in [0.05, 0.1) is 17.1 Å². The summed E-state index contributed by atoms with van der Waals surface area (Å²) in [6.45, 7) is 0. The number of hydrogen-bond acceptors (Lipinski definition) is 2. The van der Waals surface area contributed by atoms with Crippen LogP contribution in [0, 0.1) is 0 Å². The Morgan fingerprint density at radius 2 is 2.08 bits per heavy atom. The van der Waals surface area contributed by atoms with Gasteiger partial charge in [0.2, 0.25) is 0 Å². The number of hydrogen-bond donors (Lipinski definition) is 0. The van der Waals surface area contributed by atoms with Crippen LogP contribution in [0.2, 0.25) is 0 Å². The molecule has 0 radical (unpaired) electrons. The molecular formula is C7H5Br2F2NO. The highest BCUT2D eigenvalue weighted by Gasteiger charge is 2.17. The number of aromatic nitrogens is 1. The van der Waals surface area contributed by atoms with E-state index < -0.39 is 6.43 Å². The highest BCUT2D eigenvalue weighted by molar-refractivity contribution is 9.11. The second-order valence-corrected chi connectivity index (χ2v) is 3.70. The fourth-order valence-electron chi connectivity index (χ4n) is 0.789. The molecule has 0 amide bonds. The van der Waals surface area contributed by atoms with Crippen molar-refractivity contribution in [3.05, 3.63) is 20.8 Å². The zero-order valence-electron chi connectivity index (χ0n) is 6.52. The van der Waals surface area contributed by atoms with Crippen molar-refractivity contribution in [1.82, 2.24) is 4.98 Å². The Morgan fingerprint density at radius 3 is 2.54 bits per heavy atom. The lowest BCUT2D eigenvalue weighted by atomic mass is 10.3. The Kier molecular flexibility index (Phi) is 3.61. The van der Waals surface area contributed by atoms with Gasteiger partial charge in [0.25, 0.3) is 6.43 Å². The molecule has 1 aromatic heterocycles. The van der Waals surface area contributed by atoms with Gasteiger partial charge in [-0.1, -0.05) is 0 Å². The maximum Gasteiger partial charge on any atom is 0.266 e. The Hall–Kier alpha value is -0.230. The zero-order valence-corrected chi connectivity index (χ0v) is 9.69. The van der Waals surface area contributed by atoms with E-state index in [1.165, 1.54) is 7.11 Å². The molecule has 72 valence electrons. The molecule has 6 heteroatoms. The molecule has 0 saturated heterocycles. The molecule has 1 rings (SSSR count). The first kappa shape index (κ1) is 10.8. The van der Waals surface area contributed by atoms with Crippen LogP contribution < -0.4 is 4.74 Å². The summed E-state index contributed by atoms with van der Waals surface area (Å²) >= 11 is 6.10. The largest absolute Gasteiger partial charge is 0.493 e. The van der Waals surface area contributed by atoms with Crippen molar-refractivity contribution < 1.29 is 13.5 Å². The lowest BCUT2D eigenvalue weighted by molar-refractivity contribution is 0.149. The first-order valence-corrected chi connectivity index (χ1v) is 4.82. The van der Waals surface area contributed by atoms with E-state index in [-0.39, 0.29) is 15.8 Å². The number of pyridine rings is 1. The van der Waals surface area contributed by atoms with Gasteiger partial charge in [0.1, 0.15) is 4.60 Å². The molecule has 0 aromatic carbocycles. The third-order valence-corrected chi connectivity index (χ3v) is 2.78. The van der Waals surface area contributed by atoms with Crippen LogP contribution in [0.1, 0.15) is 12.0 Å². The smallest absolute Gasteiger partial charge is 0.266 e. The molecule has 0 spiro atoms. The van der Waals surface area contributed by atoms with Gasteiger partial charge in [-0.2, -0.15) is 0 Å². The van der Waals surface area contributed by atoms with E-state index in [0.717, 1.165) is 6.20 Å². The van der Waals surface area contributed by atoms with E-state index in [4.69, 9.17) is 4.74 Å². The SMILES string of the molecule is COc1c(Br)ncc(C(F)F)c1Br. The van der Waals surface area contributed by atoms with Gasteiger partial charge in [-0.25, -0.2) is 13.8 Å². The van der Waals surface area contributed by atoms with E-state index >= 15 is 0 Å². The molecule has 1 heterocycles. The third kappa shape index (κ3) is 2.17. The van der Waals surface area contributed by atoms with E-state index in [1.807, 2.05) is 0 Å². The molecular weight excluding hydrogens is 312 g/mol. The van der Waals surface area contributed by atoms with Crippen LogP contribution in [0.4, 0.5) is 8.78 Å². The van der Waals surface area contributed by atoms with E-state index in [1.54, 1.807) is 0 Å². The van der Waals surface area contributed by atoms with Crippen LogP contribution in [0.25, 0.3) is 0 Å². The van der Waals surface area contributed by atoms with Crippen molar-refractivity contribution in [1.29, 1.82) is 0 Å².